The third-order valence-corrected chi connectivity index (χ3v) is 6.16. The second kappa shape index (κ2) is 7.14. The summed E-state index contributed by atoms with van der Waals surface area (Å²) >= 11 is 7.16. The van der Waals surface area contributed by atoms with Gasteiger partial charge in [0.2, 0.25) is 0 Å². The minimum atomic E-state index is 0.309. The van der Waals surface area contributed by atoms with E-state index in [-0.39, 0.29) is 0 Å². The summed E-state index contributed by atoms with van der Waals surface area (Å²) in [7, 11) is 0. The number of phenols is 1. The summed E-state index contributed by atoms with van der Waals surface area (Å²) in [5.41, 5.74) is 3.70. The van der Waals surface area contributed by atoms with Gasteiger partial charge in [0, 0.05) is 23.1 Å². The summed E-state index contributed by atoms with van der Waals surface area (Å²) in [6, 6.07) is 12.0. The zero-order valence-electron chi connectivity index (χ0n) is 13.8. The molecule has 1 aliphatic rings. The van der Waals surface area contributed by atoms with Crippen LogP contribution in [-0.2, 0) is 6.54 Å². The van der Waals surface area contributed by atoms with Crippen LogP contribution in [0, 0.1) is 0 Å². The Morgan fingerprint density at radius 3 is 2.48 bits per heavy atom. The van der Waals surface area contributed by atoms with Crippen LogP contribution in [0.4, 0.5) is 0 Å². The Morgan fingerprint density at radius 1 is 1.04 bits per heavy atom. The fourth-order valence-electron chi connectivity index (χ4n) is 3.57. The molecule has 0 aliphatic carbocycles. The molecule has 3 nitrogen and oxygen atoms in total. The summed E-state index contributed by atoms with van der Waals surface area (Å²) in [5.74, 6) is 0.309. The number of hydrogen-bond acceptors (Lipinski definition) is 3. The number of piperidine rings is 1. The molecule has 2 aromatic carbocycles. The lowest BCUT2D eigenvalue weighted by molar-refractivity contribution is 0.218. The first-order valence-electron chi connectivity index (χ1n) is 8.55. The van der Waals surface area contributed by atoms with Crippen LogP contribution in [0.25, 0.3) is 22.1 Å². The molecule has 2 heterocycles. The quantitative estimate of drug-likeness (QED) is 0.492. The molecule has 1 N–H and O–H groups in total. The van der Waals surface area contributed by atoms with E-state index in [0.29, 0.717) is 14.9 Å². The van der Waals surface area contributed by atoms with Gasteiger partial charge in [0.1, 0.15) is 11.3 Å². The van der Waals surface area contributed by atoms with Crippen molar-refractivity contribution < 1.29 is 9.52 Å². The van der Waals surface area contributed by atoms with E-state index < -0.39 is 0 Å². The van der Waals surface area contributed by atoms with Crippen molar-refractivity contribution in [1.82, 2.24) is 4.90 Å². The Bertz CT molecular complexity index is 899. The van der Waals surface area contributed by atoms with E-state index in [2.05, 4.69) is 36.8 Å². The first-order valence-corrected chi connectivity index (χ1v) is 10.1. The van der Waals surface area contributed by atoms with E-state index in [1.165, 1.54) is 19.3 Å². The molecule has 1 saturated heterocycles. The van der Waals surface area contributed by atoms with Gasteiger partial charge in [-0.05, 0) is 69.4 Å². The van der Waals surface area contributed by atoms with Gasteiger partial charge in [-0.3, -0.25) is 4.90 Å². The van der Waals surface area contributed by atoms with Crippen LogP contribution in [0.5, 0.6) is 5.75 Å². The molecule has 130 valence electrons. The summed E-state index contributed by atoms with van der Waals surface area (Å²) in [6.45, 7) is 2.93. The molecule has 0 radical (unpaired) electrons. The van der Waals surface area contributed by atoms with Gasteiger partial charge in [-0.1, -0.05) is 36.8 Å². The highest BCUT2D eigenvalue weighted by Gasteiger charge is 2.22. The lowest BCUT2D eigenvalue weighted by atomic mass is 10.0. The maximum absolute atomic E-state index is 10.8. The molecule has 3 aromatic rings. The number of halogens is 2. The largest absolute Gasteiger partial charge is 0.506 e. The number of phenolic OH excluding ortho intramolecular Hbond substituents is 1. The fourth-order valence-corrected chi connectivity index (χ4v) is 4.82. The minimum absolute atomic E-state index is 0.309. The third-order valence-electron chi connectivity index (χ3n) is 4.83. The van der Waals surface area contributed by atoms with Gasteiger partial charge in [-0.25, -0.2) is 0 Å². The third kappa shape index (κ3) is 3.25. The van der Waals surface area contributed by atoms with Crippen molar-refractivity contribution in [3.05, 3.63) is 51.1 Å². The van der Waals surface area contributed by atoms with Gasteiger partial charge < -0.3 is 9.52 Å². The number of furan rings is 1. The average Bonchev–Trinajstić information content (AvgIpc) is 2.97. The Balaban J connectivity index is 1.81. The van der Waals surface area contributed by atoms with E-state index in [1.807, 2.05) is 36.4 Å². The maximum atomic E-state index is 10.8. The average molecular weight is 465 g/mol. The second-order valence-electron chi connectivity index (χ2n) is 6.53. The highest BCUT2D eigenvalue weighted by Crippen LogP contribution is 2.46. The molecule has 0 amide bonds. The lowest BCUT2D eigenvalue weighted by Crippen LogP contribution is -2.29. The molecular weight excluding hydrogens is 446 g/mol. The summed E-state index contributed by atoms with van der Waals surface area (Å²) < 4.78 is 7.36. The summed E-state index contributed by atoms with van der Waals surface area (Å²) in [6.07, 6.45) is 3.76. The standard InChI is InChI=1S/C20H19Br2NO2/c21-18-17-15(25-20(22)16(17)13-7-3-1-4-8-13)11-14(19(18)24)12-23-9-5-2-6-10-23/h1,3-4,7-8,11,24H,2,5-6,9-10,12H2. The van der Waals surface area contributed by atoms with Crippen LogP contribution < -0.4 is 0 Å². The highest BCUT2D eigenvalue weighted by atomic mass is 79.9. The number of rotatable bonds is 3. The topological polar surface area (TPSA) is 36.6 Å². The molecule has 1 fully saturated rings. The van der Waals surface area contributed by atoms with Crippen molar-refractivity contribution in [2.75, 3.05) is 13.1 Å². The smallest absolute Gasteiger partial charge is 0.178 e. The van der Waals surface area contributed by atoms with Gasteiger partial charge in [0.05, 0.1) is 4.47 Å². The molecule has 1 aliphatic heterocycles. The predicted octanol–water partition coefficient (Wildman–Crippen LogP) is 6.32. The van der Waals surface area contributed by atoms with Crippen molar-refractivity contribution in [2.45, 2.75) is 25.8 Å². The first-order chi connectivity index (χ1) is 12.1. The van der Waals surface area contributed by atoms with E-state index in [0.717, 1.165) is 47.3 Å². The van der Waals surface area contributed by atoms with E-state index in [9.17, 15) is 5.11 Å². The Hall–Kier alpha value is -1.30. The highest BCUT2D eigenvalue weighted by molar-refractivity contribution is 9.11. The Kier molecular flexibility index (Phi) is 4.89. The van der Waals surface area contributed by atoms with Crippen molar-refractivity contribution in [3.8, 4) is 16.9 Å². The molecule has 0 spiro atoms. The van der Waals surface area contributed by atoms with Gasteiger partial charge in [0.15, 0.2) is 4.67 Å². The van der Waals surface area contributed by atoms with Crippen molar-refractivity contribution in [2.24, 2.45) is 0 Å². The maximum Gasteiger partial charge on any atom is 0.178 e. The first kappa shape index (κ1) is 17.1. The van der Waals surface area contributed by atoms with Crippen LogP contribution in [0.3, 0.4) is 0 Å². The van der Waals surface area contributed by atoms with Crippen molar-refractivity contribution in [3.63, 3.8) is 0 Å². The Labute approximate surface area is 163 Å². The van der Waals surface area contributed by atoms with Crippen LogP contribution in [0.2, 0.25) is 0 Å². The molecule has 0 atom stereocenters. The summed E-state index contributed by atoms with van der Waals surface area (Å²) in [4.78, 5) is 2.40. The van der Waals surface area contributed by atoms with Gasteiger partial charge in [-0.2, -0.15) is 0 Å². The van der Waals surface area contributed by atoms with Crippen LogP contribution in [0.1, 0.15) is 24.8 Å². The molecular formula is C20H19Br2NO2. The molecule has 0 saturated carbocycles. The van der Waals surface area contributed by atoms with Crippen LogP contribution in [-0.4, -0.2) is 23.1 Å². The van der Waals surface area contributed by atoms with Crippen molar-refractivity contribution >= 4 is 42.8 Å². The second-order valence-corrected chi connectivity index (χ2v) is 8.04. The van der Waals surface area contributed by atoms with Crippen LogP contribution in [0.15, 0.2) is 50.0 Å². The molecule has 5 heteroatoms. The van der Waals surface area contributed by atoms with Crippen molar-refractivity contribution in [1.29, 1.82) is 0 Å². The predicted molar refractivity (Wildman–Crippen MR) is 108 cm³/mol. The fraction of sp³-hybridized carbons (Fsp3) is 0.300. The number of aromatic hydroxyl groups is 1. The molecule has 4 rings (SSSR count). The monoisotopic (exact) mass is 463 g/mol. The minimum Gasteiger partial charge on any atom is -0.506 e. The molecule has 1 aromatic heterocycles. The summed E-state index contributed by atoms with van der Waals surface area (Å²) in [5, 5.41) is 11.7. The van der Waals surface area contributed by atoms with Crippen LogP contribution >= 0.6 is 31.9 Å². The Morgan fingerprint density at radius 2 is 1.76 bits per heavy atom. The molecule has 0 bridgehead atoms. The van der Waals surface area contributed by atoms with Gasteiger partial charge in [-0.15, -0.1) is 0 Å². The zero-order valence-corrected chi connectivity index (χ0v) is 16.9. The number of benzene rings is 2. The molecule has 25 heavy (non-hydrogen) atoms. The van der Waals surface area contributed by atoms with E-state index >= 15 is 0 Å². The number of hydrogen-bond donors (Lipinski definition) is 1. The van der Waals surface area contributed by atoms with E-state index in [4.69, 9.17) is 4.42 Å². The number of likely N-dealkylation sites (tertiary alicyclic amines) is 1. The zero-order chi connectivity index (χ0) is 17.4. The number of fused-ring (bicyclic) bond motifs is 1. The normalized spacial score (nSPS) is 15.8. The SMILES string of the molecule is Oc1c(CN2CCCCC2)cc2oc(Br)c(-c3ccccc3)c2c1Br. The molecule has 0 unspecified atom stereocenters. The lowest BCUT2D eigenvalue weighted by Gasteiger charge is -2.26. The van der Waals surface area contributed by atoms with Gasteiger partial charge >= 0.3 is 0 Å². The van der Waals surface area contributed by atoms with E-state index in [1.54, 1.807) is 0 Å². The van der Waals surface area contributed by atoms with Gasteiger partial charge in [0.25, 0.3) is 0 Å². The number of nitrogens with zero attached hydrogens (tertiary/aromatic N) is 1.